The molecule has 0 heterocycles. The Labute approximate surface area is 126 Å². The molecule has 1 rings (SSSR count). The zero-order valence-electron chi connectivity index (χ0n) is 13.3. The molecule has 0 fully saturated rings. The van der Waals surface area contributed by atoms with Crippen LogP contribution in [0.5, 0.6) is 0 Å². The Morgan fingerprint density at radius 2 is 2.19 bits per heavy atom. The maximum absolute atomic E-state index is 13.7. The second-order valence-electron chi connectivity index (χ2n) is 5.22. The van der Waals surface area contributed by atoms with Crippen molar-refractivity contribution < 1.29 is 13.9 Å². The molecule has 1 unspecified atom stereocenters. The lowest BCUT2D eigenvalue weighted by molar-refractivity contribution is 0.0595. The number of ether oxygens (including phenoxy) is 1. The van der Waals surface area contributed by atoms with Gasteiger partial charge in [-0.2, -0.15) is 0 Å². The molecule has 1 aromatic carbocycles. The van der Waals surface area contributed by atoms with Gasteiger partial charge in [0.1, 0.15) is 5.82 Å². The van der Waals surface area contributed by atoms with E-state index in [0.29, 0.717) is 12.6 Å². The quantitative estimate of drug-likeness (QED) is 0.591. The SMILES string of the molecule is CCC(C)N(C)CCNCc1ccc(C(=O)OC)c(F)c1. The molecule has 0 spiro atoms. The first-order valence-corrected chi connectivity index (χ1v) is 7.27. The fourth-order valence-corrected chi connectivity index (χ4v) is 1.96. The minimum atomic E-state index is -0.651. The summed E-state index contributed by atoms with van der Waals surface area (Å²) >= 11 is 0. The van der Waals surface area contributed by atoms with Crippen molar-refractivity contribution >= 4 is 5.97 Å². The van der Waals surface area contributed by atoms with Crippen LogP contribution in [0.4, 0.5) is 4.39 Å². The van der Waals surface area contributed by atoms with Gasteiger partial charge in [0.15, 0.2) is 0 Å². The van der Waals surface area contributed by atoms with E-state index in [4.69, 9.17) is 0 Å². The molecule has 0 amide bonds. The molecule has 0 bridgehead atoms. The normalized spacial score (nSPS) is 12.5. The van der Waals surface area contributed by atoms with Crippen LogP contribution in [0.1, 0.15) is 36.2 Å². The third-order valence-electron chi connectivity index (χ3n) is 3.75. The van der Waals surface area contributed by atoms with E-state index in [1.54, 1.807) is 6.07 Å². The predicted molar refractivity (Wildman–Crippen MR) is 81.8 cm³/mol. The van der Waals surface area contributed by atoms with Gasteiger partial charge in [0.25, 0.3) is 0 Å². The van der Waals surface area contributed by atoms with Crippen molar-refractivity contribution in [2.45, 2.75) is 32.9 Å². The molecule has 5 heteroatoms. The van der Waals surface area contributed by atoms with Crippen molar-refractivity contribution in [1.82, 2.24) is 10.2 Å². The molecule has 4 nitrogen and oxygen atoms in total. The number of carbonyl (C=O) groups excluding carboxylic acids is 1. The third kappa shape index (κ3) is 5.44. The van der Waals surface area contributed by atoms with Gasteiger partial charge in [-0.15, -0.1) is 0 Å². The zero-order valence-corrected chi connectivity index (χ0v) is 13.3. The summed E-state index contributed by atoms with van der Waals surface area (Å²) in [4.78, 5) is 13.6. The van der Waals surface area contributed by atoms with Crippen LogP contribution >= 0.6 is 0 Å². The molecule has 1 atom stereocenters. The van der Waals surface area contributed by atoms with Crippen LogP contribution in [0.25, 0.3) is 0 Å². The van der Waals surface area contributed by atoms with Gasteiger partial charge in [-0.1, -0.05) is 13.0 Å². The first-order valence-electron chi connectivity index (χ1n) is 7.27. The van der Waals surface area contributed by atoms with Gasteiger partial charge in [0.2, 0.25) is 0 Å². The molecule has 118 valence electrons. The summed E-state index contributed by atoms with van der Waals surface area (Å²) < 4.78 is 18.3. The van der Waals surface area contributed by atoms with Crippen molar-refractivity contribution in [1.29, 1.82) is 0 Å². The largest absolute Gasteiger partial charge is 0.465 e. The molecule has 1 aromatic rings. The van der Waals surface area contributed by atoms with Crippen LogP contribution < -0.4 is 5.32 Å². The number of rotatable bonds is 8. The maximum Gasteiger partial charge on any atom is 0.340 e. The highest BCUT2D eigenvalue weighted by Crippen LogP contribution is 2.11. The predicted octanol–water partition coefficient (Wildman–Crippen LogP) is 2.43. The van der Waals surface area contributed by atoms with Crippen molar-refractivity contribution in [2.75, 3.05) is 27.2 Å². The average molecular weight is 296 g/mol. The van der Waals surface area contributed by atoms with Crippen LogP contribution in [0.2, 0.25) is 0 Å². The van der Waals surface area contributed by atoms with Crippen LogP contribution in [0.15, 0.2) is 18.2 Å². The lowest BCUT2D eigenvalue weighted by Gasteiger charge is -2.23. The maximum atomic E-state index is 13.7. The number of nitrogens with one attached hydrogen (secondary N) is 1. The number of likely N-dealkylation sites (N-methyl/N-ethyl adjacent to an activating group) is 1. The van der Waals surface area contributed by atoms with E-state index < -0.39 is 11.8 Å². The van der Waals surface area contributed by atoms with Gasteiger partial charge in [-0.3, -0.25) is 0 Å². The van der Waals surface area contributed by atoms with E-state index in [1.807, 2.05) is 0 Å². The second kappa shape index (κ2) is 8.74. The van der Waals surface area contributed by atoms with Gasteiger partial charge in [-0.25, -0.2) is 9.18 Å². The van der Waals surface area contributed by atoms with E-state index in [-0.39, 0.29) is 5.56 Å². The molecule has 0 saturated heterocycles. The number of methoxy groups -OCH3 is 1. The number of carbonyl (C=O) groups is 1. The molecule has 0 aliphatic carbocycles. The molecule has 0 aliphatic heterocycles. The van der Waals surface area contributed by atoms with Gasteiger partial charge in [0.05, 0.1) is 12.7 Å². The summed E-state index contributed by atoms with van der Waals surface area (Å²) in [6, 6.07) is 5.13. The molecule has 1 N–H and O–H groups in total. The number of esters is 1. The Bertz CT molecular complexity index is 466. The second-order valence-corrected chi connectivity index (χ2v) is 5.22. The highest BCUT2D eigenvalue weighted by molar-refractivity contribution is 5.89. The first kappa shape index (κ1) is 17.6. The smallest absolute Gasteiger partial charge is 0.340 e. The molecular formula is C16H25FN2O2. The molecule has 0 aliphatic rings. The van der Waals surface area contributed by atoms with Gasteiger partial charge in [-0.05, 0) is 38.1 Å². The minimum absolute atomic E-state index is 0.0299. The summed E-state index contributed by atoms with van der Waals surface area (Å²) in [7, 11) is 3.34. The number of hydrogen-bond acceptors (Lipinski definition) is 4. The van der Waals surface area contributed by atoms with Gasteiger partial charge >= 0.3 is 5.97 Å². The summed E-state index contributed by atoms with van der Waals surface area (Å²) in [5.41, 5.74) is 0.782. The topological polar surface area (TPSA) is 41.6 Å². The van der Waals surface area contributed by atoms with Crippen LogP contribution in [-0.2, 0) is 11.3 Å². The van der Waals surface area contributed by atoms with Crippen LogP contribution in [0, 0.1) is 5.82 Å². The lowest BCUT2D eigenvalue weighted by atomic mass is 10.1. The fraction of sp³-hybridized carbons (Fsp3) is 0.562. The van der Waals surface area contributed by atoms with Crippen molar-refractivity contribution in [3.8, 4) is 0 Å². The lowest BCUT2D eigenvalue weighted by Crippen LogP contribution is -2.34. The summed E-state index contributed by atoms with van der Waals surface area (Å²) in [5.74, 6) is -1.19. The van der Waals surface area contributed by atoms with Gasteiger partial charge < -0.3 is 15.0 Å². The Morgan fingerprint density at radius 3 is 2.76 bits per heavy atom. The van der Waals surface area contributed by atoms with E-state index >= 15 is 0 Å². The van der Waals surface area contributed by atoms with Crippen molar-refractivity contribution in [3.05, 3.63) is 35.1 Å². The summed E-state index contributed by atoms with van der Waals surface area (Å²) in [5, 5.41) is 3.28. The van der Waals surface area contributed by atoms with Crippen molar-refractivity contribution in [3.63, 3.8) is 0 Å². The highest BCUT2D eigenvalue weighted by atomic mass is 19.1. The average Bonchev–Trinajstić information content (AvgIpc) is 2.49. The van der Waals surface area contributed by atoms with Crippen LogP contribution in [-0.4, -0.2) is 44.2 Å². The van der Waals surface area contributed by atoms with E-state index in [1.165, 1.54) is 19.2 Å². The number of nitrogens with zero attached hydrogens (tertiary/aromatic N) is 1. The monoisotopic (exact) mass is 296 g/mol. The van der Waals surface area contributed by atoms with E-state index in [0.717, 1.165) is 25.1 Å². The highest BCUT2D eigenvalue weighted by Gasteiger charge is 2.12. The molecule has 21 heavy (non-hydrogen) atoms. The molecule has 0 radical (unpaired) electrons. The fourth-order valence-electron chi connectivity index (χ4n) is 1.96. The standard InChI is InChI=1S/C16H25FN2O2/c1-5-12(2)19(3)9-8-18-11-13-6-7-14(15(17)10-13)16(20)21-4/h6-7,10,12,18H,5,8-9,11H2,1-4H3. The van der Waals surface area contributed by atoms with Crippen molar-refractivity contribution in [2.24, 2.45) is 0 Å². The van der Waals surface area contributed by atoms with Crippen LogP contribution in [0.3, 0.4) is 0 Å². The molecule has 0 aromatic heterocycles. The Morgan fingerprint density at radius 1 is 1.48 bits per heavy atom. The molecular weight excluding hydrogens is 271 g/mol. The van der Waals surface area contributed by atoms with Gasteiger partial charge in [0, 0.05) is 25.7 Å². The zero-order chi connectivity index (χ0) is 15.8. The Hall–Kier alpha value is -1.46. The number of hydrogen-bond donors (Lipinski definition) is 1. The van der Waals surface area contributed by atoms with E-state index in [9.17, 15) is 9.18 Å². The number of benzene rings is 1. The third-order valence-corrected chi connectivity index (χ3v) is 3.75. The minimum Gasteiger partial charge on any atom is -0.465 e. The Kier molecular flexibility index (Phi) is 7.32. The van der Waals surface area contributed by atoms with E-state index in [2.05, 4.69) is 35.8 Å². The first-order chi connectivity index (χ1) is 9.99. The summed E-state index contributed by atoms with van der Waals surface area (Å²) in [6.07, 6.45) is 1.12. The molecule has 0 saturated carbocycles. The number of halogens is 1. The summed E-state index contributed by atoms with van der Waals surface area (Å²) in [6.45, 7) is 6.72. The Balaban J connectivity index is 2.43.